The van der Waals surface area contributed by atoms with Gasteiger partial charge in [-0.15, -0.1) is 16.4 Å². The minimum Gasteiger partial charge on any atom is -0.462 e. The first-order valence-corrected chi connectivity index (χ1v) is 11.7. The molecule has 1 aliphatic rings. The lowest BCUT2D eigenvalue weighted by molar-refractivity contribution is -0.117. The topological polar surface area (TPSA) is 103 Å². The number of rotatable bonds is 7. The predicted molar refractivity (Wildman–Crippen MR) is 123 cm³/mol. The molecule has 168 valence electrons. The fraction of sp³-hybridized carbons (Fsp3) is 0.435. The smallest absolute Gasteiger partial charge is 0.338 e. The molecule has 0 saturated heterocycles. The van der Waals surface area contributed by atoms with E-state index in [0.29, 0.717) is 34.0 Å². The van der Waals surface area contributed by atoms with Crippen molar-refractivity contribution in [3.8, 4) is 0 Å². The summed E-state index contributed by atoms with van der Waals surface area (Å²) in [7, 11) is 0. The number of amides is 1. The van der Waals surface area contributed by atoms with Gasteiger partial charge in [-0.1, -0.05) is 25.5 Å². The number of thiophene rings is 1. The summed E-state index contributed by atoms with van der Waals surface area (Å²) in [5.41, 5.74) is 1.73. The Morgan fingerprint density at radius 1 is 1.28 bits per heavy atom. The molecule has 8 nitrogen and oxygen atoms in total. The summed E-state index contributed by atoms with van der Waals surface area (Å²) in [5, 5.41) is 11.5. The van der Waals surface area contributed by atoms with Crippen molar-refractivity contribution in [1.82, 2.24) is 15.0 Å². The number of carbonyl (C=O) groups is 2. The third-order valence-electron chi connectivity index (χ3n) is 5.61. The highest BCUT2D eigenvalue weighted by Gasteiger charge is 2.24. The van der Waals surface area contributed by atoms with Gasteiger partial charge in [0.25, 0.3) is 5.56 Å². The number of aryl methyl sites for hydroxylation is 1. The second-order valence-electron chi connectivity index (χ2n) is 8.20. The van der Waals surface area contributed by atoms with Crippen molar-refractivity contribution in [2.75, 3.05) is 11.9 Å². The molecule has 1 N–H and O–H groups in total. The molecule has 0 bridgehead atoms. The molecule has 32 heavy (non-hydrogen) atoms. The van der Waals surface area contributed by atoms with Gasteiger partial charge in [0.1, 0.15) is 6.54 Å². The summed E-state index contributed by atoms with van der Waals surface area (Å²) < 4.78 is 6.29. The summed E-state index contributed by atoms with van der Waals surface area (Å²) in [5.74, 6) is -0.183. The number of hydrogen-bond acceptors (Lipinski definition) is 7. The van der Waals surface area contributed by atoms with Crippen LogP contribution in [0.3, 0.4) is 0 Å². The van der Waals surface area contributed by atoms with E-state index in [9.17, 15) is 14.4 Å². The SMILES string of the molecule is CCCCOC(=O)c1ccc(NC(=O)Cn2nnc3sc4c(c3c2=O)CC[C@@H](C)C4)cc1. The maximum Gasteiger partial charge on any atom is 0.338 e. The van der Waals surface area contributed by atoms with Crippen LogP contribution in [0.2, 0.25) is 0 Å². The molecule has 3 aromatic rings. The van der Waals surface area contributed by atoms with E-state index in [1.807, 2.05) is 6.92 Å². The van der Waals surface area contributed by atoms with E-state index < -0.39 is 5.91 Å². The number of carbonyl (C=O) groups excluding carboxylic acids is 2. The van der Waals surface area contributed by atoms with Crippen LogP contribution in [-0.4, -0.2) is 33.5 Å². The van der Waals surface area contributed by atoms with E-state index in [2.05, 4.69) is 22.6 Å². The Kier molecular flexibility index (Phi) is 6.64. The van der Waals surface area contributed by atoms with Gasteiger partial charge in [-0.3, -0.25) is 9.59 Å². The Labute approximate surface area is 189 Å². The zero-order valence-electron chi connectivity index (χ0n) is 18.2. The maximum atomic E-state index is 13.0. The van der Waals surface area contributed by atoms with Crippen LogP contribution < -0.4 is 10.9 Å². The van der Waals surface area contributed by atoms with Crippen LogP contribution >= 0.6 is 11.3 Å². The molecule has 0 unspecified atom stereocenters. The van der Waals surface area contributed by atoms with Crippen LogP contribution in [-0.2, 0) is 28.9 Å². The lowest BCUT2D eigenvalue weighted by Gasteiger charge is -2.17. The lowest BCUT2D eigenvalue weighted by Crippen LogP contribution is -2.30. The van der Waals surface area contributed by atoms with Crippen LogP contribution in [0.5, 0.6) is 0 Å². The molecular formula is C23H26N4O4S. The second-order valence-corrected chi connectivity index (χ2v) is 9.28. The van der Waals surface area contributed by atoms with E-state index >= 15 is 0 Å². The van der Waals surface area contributed by atoms with E-state index in [4.69, 9.17) is 4.74 Å². The van der Waals surface area contributed by atoms with E-state index in [0.717, 1.165) is 42.3 Å². The van der Waals surface area contributed by atoms with Crippen molar-refractivity contribution in [2.24, 2.45) is 5.92 Å². The van der Waals surface area contributed by atoms with Gasteiger partial charge in [0, 0.05) is 10.6 Å². The van der Waals surface area contributed by atoms with Crippen LogP contribution in [0.4, 0.5) is 5.69 Å². The zero-order chi connectivity index (χ0) is 22.7. The highest BCUT2D eigenvalue weighted by atomic mass is 32.1. The molecule has 0 spiro atoms. The molecule has 0 aliphatic heterocycles. The van der Waals surface area contributed by atoms with Crippen molar-refractivity contribution in [3.05, 3.63) is 50.6 Å². The van der Waals surface area contributed by atoms with Crippen molar-refractivity contribution in [2.45, 2.75) is 52.5 Å². The highest BCUT2D eigenvalue weighted by molar-refractivity contribution is 7.18. The van der Waals surface area contributed by atoms with Crippen molar-refractivity contribution in [3.63, 3.8) is 0 Å². The summed E-state index contributed by atoms with van der Waals surface area (Å²) >= 11 is 1.53. The van der Waals surface area contributed by atoms with Crippen LogP contribution in [0.15, 0.2) is 29.1 Å². The number of ether oxygens (including phenoxy) is 1. The molecule has 9 heteroatoms. The van der Waals surface area contributed by atoms with Crippen molar-refractivity contribution >= 4 is 39.1 Å². The van der Waals surface area contributed by atoms with Gasteiger partial charge in [0.15, 0.2) is 4.83 Å². The first kappa shape index (κ1) is 22.1. The van der Waals surface area contributed by atoms with Crippen LogP contribution in [0.1, 0.15) is 53.9 Å². The van der Waals surface area contributed by atoms with Gasteiger partial charge in [-0.05, 0) is 61.4 Å². The fourth-order valence-electron chi connectivity index (χ4n) is 3.81. The van der Waals surface area contributed by atoms with Gasteiger partial charge in [-0.2, -0.15) is 0 Å². The third-order valence-corrected chi connectivity index (χ3v) is 6.75. The molecule has 0 fully saturated rings. The maximum absolute atomic E-state index is 13.0. The molecule has 2 heterocycles. The summed E-state index contributed by atoms with van der Waals surface area (Å²) in [6.07, 6.45) is 4.63. The molecule has 1 atom stereocenters. The molecule has 2 aromatic heterocycles. The number of nitrogens with one attached hydrogen (secondary N) is 1. The van der Waals surface area contributed by atoms with Gasteiger partial charge in [0.2, 0.25) is 5.91 Å². The normalized spacial score (nSPS) is 15.4. The van der Waals surface area contributed by atoms with Gasteiger partial charge >= 0.3 is 5.97 Å². The first-order valence-electron chi connectivity index (χ1n) is 10.9. The van der Waals surface area contributed by atoms with Crippen LogP contribution in [0.25, 0.3) is 10.2 Å². The molecule has 1 amide bonds. The Bertz CT molecular complexity index is 1200. The first-order chi connectivity index (χ1) is 15.5. The number of hydrogen-bond donors (Lipinski definition) is 1. The minimum atomic E-state index is -0.392. The molecular weight excluding hydrogens is 428 g/mol. The number of benzene rings is 1. The summed E-state index contributed by atoms with van der Waals surface area (Å²) in [6, 6.07) is 6.45. The monoisotopic (exact) mass is 454 g/mol. The van der Waals surface area contributed by atoms with Crippen LogP contribution in [0, 0.1) is 5.92 Å². The largest absolute Gasteiger partial charge is 0.462 e. The van der Waals surface area contributed by atoms with E-state index in [1.54, 1.807) is 24.3 Å². The molecule has 1 aromatic carbocycles. The Morgan fingerprint density at radius 2 is 2.06 bits per heavy atom. The van der Waals surface area contributed by atoms with Crippen molar-refractivity contribution in [1.29, 1.82) is 0 Å². The lowest BCUT2D eigenvalue weighted by atomic mass is 9.89. The quantitative estimate of drug-likeness (QED) is 0.432. The summed E-state index contributed by atoms with van der Waals surface area (Å²) in [6.45, 7) is 4.39. The van der Waals surface area contributed by atoms with E-state index in [1.165, 1.54) is 16.2 Å². The Morgan fingerprint density at radius 3 is 2.81 bits per heavy atom. The second kappa shape index (κ2) is 9.60. The van der Waals surface area contributed by atoms with Gasteiger partial charge < -0.3 is 10.1 Å². The molecule has 0 saturated carbocycles. The fourth-order valence-corrected chi connectivity index (χ4v) is 5.13. The average molecular weight is 455 g/mol. The number of unbranched alkanes of at least 4 members (excludes halogenated alkanes) is 1. The number of anilines is 1. The Balaban J connectivity index is 1.43. The average Bonchev–Trinajstić information content (AvgIpc) is 3.14. The predicted octanol–water partition coefficient (Wildman–Crippen LogP) is 3.57. The molecule has 1 aliphatic carbocycles. The number of esters is 1. The molecule has 4 rings (SSSR count). The highest BCUT2D eigenvalue weighted by Crippen LogP contribution is 2.35. The third kappa shape index (κ3) is 4.72. The number of aromatic nitrogens is 3. The number of nitrogens with zero attached hydrogens (tertiary/aromatic N) is 3. The molecule has 0 radical (unpaired) electrons. The number of fused-ring (bicyclic) bond motifs is 3. The Hall–Kier alpha value is -3.07. The standard InChI is InChI=1S/C23H26N4O4S/c1-3-4-11-31-23(30)15-6-8-16(9-7-15)24-19(28)13-27-22(29)20-17-10-5-14(2)12-18(17)32-21(20)25-26-27/h6-9,14H,3-5,10-13H2,1-2H3,(H,24,28)/t14-/m1/s1. The zero-order valence-corrected chi connectivity index (χ0v) is 19.0. The van der Waals surface area contributed by atoms with E-state index in [-0.39, 0.29) is 18.1 Å². The minimum absolute atomic E-state index is 0.233. The summed E-state index contributed by atoms with van der Waals surface area (Å²) in [4.78, 5) is 39.3. The van der Waals surface area contributed by atoms with Crippen molar-refractivity contribution < 1.29 is 14.3 Å². The van der Waals surface area contributed by atoms with Gasteiger partial charge in [-0.25, -0.2) is 9.48 Å². The van der Waals surface area contributed by atoms with Gasteiger partial charge in [0.05, 0.1) is 17.6 Å².